The van der Waals surface area contributed by atoms with E-state index in [1.165, 1.54) is 0 Å². The third-order valence-corrected chi connectivity index (χ3v) is 4.24. The van der Waals surface area contributed by atoms with E-state index in [0.717, 1.165) is 28.3 Å². The Bertz CT molecular complexity index is 804. The lowest BCUT2D eigenvalue weighted by molar-refractivity contribution is 0.135. The molecule has 0 bridgehead atoms. The van der Waals surface area contributed by atoms with E-state index in [2.05, 4.69) is 4.99 Å². The molecule has 4 rings (SSSR count). The highest BCUT2D eigenvalue weighted by Gasteiger charge is 2.39. The Labute approximate surface area is 133 Å². The number of methoxy groups -OCH3 is 1. The van der Waals surface area contributed by atoms with Crippen molar-refractivity contribution in [2.45, 2.75) is 12.0 Å². The van der Waals surface area contributed by atoms with Gasteiger partial charge in [0.1, 0.15) is 17.6 Å². The summed E-state index contributed by atoms with van der Waals surface area (Å²) in [5.41, 5.74) is 15.1. The first-order chi connectivity index (χ1) is 11.2. The van der Waals surface area contributed by atoms with Gasteiger partial charge in [0, 0.05) is 16.8 Å². The predicted octanol–water partition coefficient (Wildman–Crippen LogP) is 2.47. The minimum atomic E-state index is -0.316. The molecule has 2 atom stereocenters. The van der Waals surface area contributed by atoms with Crippen molar-refractivity contribution in [3.05, 3.63) is 47.5 Å². The van der Waals surface area contributed by atoms with E-state index in [1.54, 1.807) is 13.2 Å². The van der Waals surface area contributed by atoms with Gasteiger partial charge in [-0.1, -0.05) is 6.07 Å². The van der Waals surface area contributed by atoms with Crippen LogP contribution in [0.5, 0.6) is 11.5 Å². The van der Waals surface area contributed by atoms with Crippen molar-refractivity contribution < 1.29 is 14.2 Å². The molecule has 6 nitrogen and oxygen atoms in total. The molecular weight excluding hydrogens is 294 g/mol. The molecule has 2 aromatic rings. The molecule has 2 heterocycles. The predicted molar refractivity (Wildman–Crippen MR) is 87.2 cm³/mol. The van der Waals surface area contributed by atoms with Crippen LogP contribution in [0.2, 0.25) is 0 Å². The standard InChI is InChI=1S/C17H17N3O3/c1-21-13-3-2-4-14-15(13)11(8-22-14)16-10-7-9(18)5-6-12(10)20-17(19)23-16/h2-7,11,16H,8,18H2,1H3,(H2,19,20). The van der Waals surface area contributed by atoms with Crippen LogP contribution in [-0.4, -0.2) is 19.7 Å². The molecule has 2 aliphatic heterocycles. The van der Waals surface area contributed by atoms with Crippen LogP contribution >= 0.6 is 0 Å². The van der Waals surface area contributed by atoms with E-state index in [1.807, 2.05) is 30.3 Å². The molecule has 4 N–H and O–H groups in total. The second kappa shape index (κ2) is 5.08. The molecular formula is C17H17N3O3. The number of anilines is 1. The van der Waals surface area contributed by atoms with Gasteiger partial charge in [0.15, 0.2) is 0 Å². The number of ether oxygens (including phenoxy) is 3. The van der Waals surface area contributed by atoms with Gasteiger partial charge < -0.3 is 25.7 Å². The van der Waals surface area contributed by atoms with E-state index in [9.17, 15) is 0 Å². The lowest BCUT2D eigenvalue weighted by Gasteiger charge is -2.29. The van der Waals surface area contributed by atoms with Crippen LogP contribution in [0, 0.1) is 0 Å². The minimum Gasteiger partial charge on any atom is -0.496 e. The summed E-state index contributed by atoms with van der Waals surface area (Å²) in [6.45, 7) is 0.488. The summed E-state index contributed by atoms with van der Waals surface area (Å²) in [5.74, 6) is 1.54. The lowest BCUT2D eigenvalue weighted by atomic mass is 9.88. The molecule has 0 spiro atoms. The average Bonchev–Trinajstić information content (AvgIpc) is 2.98. The maximum atomic E-state index is 5.94. The van der Waals surface area contributed by atoms with Crippen molar-refractivity contribution in [1.82, 2.24) is 0 Å². The second-order valence-electron chi connectivity index (χ2n) is 5.60. The second-order valence-corrected chi connectivity index (χ2v) is 5.60. The molecule has 2 aliphatic rings. The third-order valence-electron chi connectivity index (χ3n) is 4.24. The number of rotatable bonds is 2. The number of nitrogens with two attached hydrogens (primary N) is 2. The van der Waals surface area contributed by atoms with E-state index in [0.29, 0.717) is 12.3 Å². The van der Waals surface area contributed by atoms with Crippen LogP contribution in [0.25, 0.3) is 0 Å². The average molecular weight is 311 g/mol. The van der Waals surface area contributed by atoms with Crippen LogP contribution in [0.1, 0.15) is 23.1 Å². The topological polar surface area (TPSA) is 92.1 Å². The molecule has 0 saturated heterocycles. The fourth-order valence-electron chi connectivity index (χ4n) is 3.24. The fourth-order valence-corrected chi connectivity index (χ4v) is 3.24. The summed E-state index contributed by atoms with van der Waals surface area (Å²) in [6, 6.07) is 11.4. The summed E-state index contributed by atoms with van der Waals surface area (Å²) < 4.78 is 17.2. The first-order valence-corrected chi connectivity index (χ1v) is 7.37. The minimum absolute atomic E-state index is 0.0456. The number of nitrogens with zero attached hydrogens (tertiary/aromatic N) is 1. The van der Waals surface area contributed by atoms with E-state index < -0.39 is 0 Å². The maximum absolute atomic E-state index is 5.94. The largest absolute Gasteiger partial charge is 0.496 e. The van der Waals surface area contributed by atoms with Crippen LogP contribution < -0.4 is 20.9 Å². The molecule has 23 heavy (non-hydrogen) atoms. The number of hydrogen-bond donors (Lipinski definition) is 2. The number of aliphatic imine (C=N–C) groups is 1. The molecule has 0 amide bonds. The number of benzene rings is 2. The van der Waals surface area contributed by atoms with Gasteiger partial charge in [-0.05, 0) is 30.3 Å². The van der Waals surface area contributed by atoms with Crippen LogP contribution in [-0.2, 0) is 4.74 Å². The quantitative estimate of drug-likeness (QED) is 0.831. The molecule has 6 heteroatoms. The molecule has 2 unspecified atom stereocenters. The SMILES string of the molecule is COc1cccc2c1C(C1OC(N)=Nc3ccc(N)cc31)CO2. The Balaban J connectivity index is 1.83. The molecule has 2 aromatic carbocycles. The Morgan fingerprint density at radius 2 is 2.09 bits per heavy atom. The molecule has 118 valence electrons. The van der Waals surface area contributed by atoms with E-state index in [-0.39, 0.29) is 18.0 Å². The summed E-state index contributed by atoms with van der Waals surface area (Å²) in [6.07, 6.45) is -0.316. The molecule has 0 aliphatic carbocycles. The third kappa shape index (κ3) is 2.14. The van der Waals surface area contributed by atoms with E-state index in [4.69, 9.17) is 25.7 Å². The van der Waals surface area contributed by atoms with Crippen molar-refractivity contribution in [2.24, 2.45) is 10.7 Å². The van der Waals surface area contributed by atoms with Crippen molar-refractivity contribution in [1.29, 1.82) is 0 Å². The van der Waals surface area contributed by atoms with Gasteiger partial charge in [0.2, 0.25) is 0 Å². The van der Waals surface area contributed by atoms with Gasteiger partial charge in [-0.3, -0.25) is 0 Å². The Morgan fingerprint density at radius 1 is 1.22 bits per heavy atom. The fraction of sp³-hybridized carbons (Fsp3) is 0.235. The van der Waals surface area contributed by atoms with Crippen molar-refractivity contribution in [3.63, 3.8) is 0 Å². The molecule has 0 radical (unpaired) electrons. The van der Waals surface area contributed by atoms with Gasteiger partial charge in [-0.15, -0.1) is 0 Å². The molecule has 0 saturated carbocycles. The molecule has 0 fully saturated rings. The smallest absolute Gasteiger partial charge is 0.287 e. The lowest BCUT2D eigenvalue weighted by Crippen LogP contribution is -2.27. The van der Waals surface area contributed by atoms with Crippen molar-refractivity contribution in [2.75, 3.05) is 19.5 Å². The van der Waals surface area contributed by atoms with Crippen LogP contribution in [0.4, 0.5) is 11.4 Å². The summed E-state index contributed by atoms with van der Waals surface area (Å²) in [7, 11) is 1.65. The van der Waals surface area contributed by atoms with E-state index >= 15 is 0 Å². The zero-order chi connectivity index (χ0) is 16.0. The zero-order valence-corrected chi connectivity index (χ0v) is 12.7. The first kappa shape index (κ1) is 13.8. The number of fused-ring (bicyclic) bond motifs is 2. The Hall–Kier alpha value is -2.89. The van der Waals surface area contributed by atoms with Crippen molar-refractivity contribution in [3.8, 4) is 11.5 Å². The van der Waals surface area contributed by atoms with Gasteiger partial charge in [0.05, 0.1) is 25.3 Å². The van der Waals surface area contributed by atoms with Crippen LogP contribution in [0.3, 0.4) is 0 Å². The van der Waals surface area contributed by atoms with Gasteiger partial charge in [-0.2, -0.15) is 4.99 Å². The maximum Gasteiger partial charge on any atom is 0.287 e. The summed E-state index contributed by atoms with van der Waals surface area (Å²) in [4.78, 5) is 4.25. The summed E-state index contributed by atoms with van der Waals surface area (Å²) in [5, 5.41) is 0. The first-order valence-electron chi connectivity index (χ1n) is 7.37. The Morgan fingerprint density at radius 3 is 2.91 bits per heavy atom. The van der Waals surface area contributed by atoms with Gasteiger partial charge in [0.25, 0.3) is 6.02 Å². The Kier molecular flexibility index (Phi) is 3.04. The highest BCUT2D eigenvalue weighted by atomic mass is 16.5. The molecule has 0 aromatic heterocycles. The van der Waals surface area contributed by atoms with Crippen LogP contribution in [0.15, 0.2) is 41.4 Å². The number of amidine groups is 1. The zero-order valence-electron chi connectivity index (χ0n) is 12.7. The number of nitrogen functional groups attached to an aromatic ring is 1. The normalized spacial score (nSPS) is 21.5. The monoisotopic (exact) mass is 311 g/mol. The van der Waals surface area contributed by atoms with Gasteiger partial charge >= 0.3 is 0 Å². The van der Waals surface area contributed by atoms with Gasteiger partial charge in [-0.25, -0.2) is 0 Å². The number of hydrogen-bond acceptors (Lipinski definition) is 6. The van der Waals surface area contributed by atoms with Crippen molar-refractivity contribution >= 4 is 17.4 Å². The highest BCUT2D eigenvalue weighted by Crippen LogP contribution is 2.50. The summed E-state index contributed by atoms with van der Waals surface area (Å²) >= 11 is 0. The highest BCUT2D eigenvalue weighted by molar-refractivity contribution is 5.79.